The van der Waals surface area contributed by atoms with Crippen LogP contribution in [-0.4, -0.2) is 30.1 Å². The molecule has 1 aromatic rings. The summed E-state index contributed by atoms with van der Waals surface area (Å²) in [5.74, 6) is 0. The highest BCUT2D eigenvalue weighted by Crippen LogP contribution is 2.30. The van der Waals surface area contributed by atoms with Gasteiger partial charge in [-0.05, 0) is 44.4 Å². The van der Waals surface area contributed by atoms with Gasteiger partial charge < -0.3 is 5.32 Å². The molecule has 19 heavy (non-hydrogen) atoms. The molecule has 1 N–H and O–H groups in total. The average molecular weight is 301 g/mol. The summed E-state index contributed by atoms with van der Waals surface area (Å²) in [5, 5.41) is 4.59. The maximum absolute atomic E-state index is 6.24. The third-order valence-electron chi connectivity index (χ3n) is 4.45. The maximum Gasteiger partial charge on any atom is 0.0451 e. The van der Waals surface area contributed by atoms with E-state index in [4.69, 9.17) is 11.6 Å². The second-order valence-electron chi connectivity index (χ2n) is 5.77. The molecule has 2 nitrogen and oxygen atoms in total. The Hall–Kier alpha value is -0.280. The van der Waals surface area contributed by atoms with Crippen LogP contribution in [0.3, 0.4) is 0 Å². The van der Waals surface area contributed by atoms with Crippen LogP contribution in [0.25, 0.3) is 0 Å². The molecule has 2 unspecified atom stereocenters. The number of nitrogens with zero attached hydrogens (tertiary/aromatic N) is 1. The molecular weight excluding hydrogens is 279 g/mol. The van der Waals surface area contributed by atoms with Crippen LogP contribution in [0, 0.1) is 0 Å². The SMILES string of the molecule is CN(Cc1ccccc1Cl)C1CC2CCC(C1)N2.Cl. The summed E-state index contributed by atoms with van der Waals surface area (Å²) in [4.78, 5) is 2.48. The number of halogens is 2. The second kappa shape index (κ2) is 6.45. The Morgan fingerprint density at radius 1 is 1.21 bits per heavy atom. The minimum atomic E-state index is 0. The fourth-order valence-electron chi connectivity index (χ4n) is 3.41. The quantitative estimate of drug-likeness (QED) is 0.919. The van der Waals surface area contributed by atoms with Crippen LogP contribution in [0.5, 0.6) is 0 Å². The fraction of sp³-hybridized carbons (Fsp3) is 0.600. The van der Waals surface area contributed by atoms with Gasteiger partial charge in [0, 0.05) is 29.7 Å². The van der Waals surface area contributed by atoms with E-state index in [0.717, 1.165) is 23.7 Å². The molecule has 0 radical (unpaired) electrons. The summed E-state index contributed by atoms with van der Waals surface area (Å²) >= 11 is 6.24. The zero-order chi connectivity index (χ0) is 12.5. The lowest BCUT2D eigenvalue weighted by atomic mass is 9.98. The van der Waals surface area contributed by atoms with Crippen molar-refractivity contribution in [2.45, 2.75) is 50.4 Å². The summed E-state index contributed by atoms with van der Waals surface area (Å²) in [5.41, 5.74) is 1.24. The van der Waals surface area contributed by atoms with Gasteiger partial charge >= 0.3 is 0 Å². The molecule has 2 atom stereocenters. The van der Waals surface area contributed by atoms with Gasteiger partial charge in [0.2, 0.25) is 0 Å². The number of rotatable bonds is 3. The summed E-state index contributed by atoms with van der Waals surface area (Å²) in [6.45, 7) is 0.962. The predicted octanol–water partition coefficient (Wildman–Crippen LogP) is 3.48. The van der Waals surface area contributed by atoms with E-state index in [0.29, 0.717) is 6.04 Å². The van der Waals surface area contributed by atoms with Crippen molar-refractivity contribution in [1.29, 1.82) is 0 Å². The van der Waals surface area contributed by atoms with Gasteiger partial charge in [0.15, 0.2) is 0 Å². The Labute approximate surface area is 126 Å². The topological polar surface area (TPSA) is 15.3 Å². The van der Waals surface area contributed by atoms with E-state index in [9.17, 15) is 0 Å². The van der Waals surface area contributed by atoms with Crippen LogP contribution >= 0.6 is 24.0 Å². The minimum absolute atomic E-state index is 0. The largest absolute Gasteiger partial charge is 0.311 e. The van der Waals surface area contributed by atoms with Gasteiger partial charge in [-0.1, -0.05) is 29.8 Å². The van der Waals surface area contributed by atoms with Crippen LogP contribution in [0.1, 0.15) is 31.2 Å². The number of benzene rings is 1. The molecule has 4 heteroatoms. The van der Waals surface area contributed by atoms with Crippen molar-refractivity contribution in [3.05, 3.63) is 34.9 Å². The first-order chi connectivity index (χ1) is 8.72. The van der Waals surface area contributed by atoms with E-state index in [1.165, 1.54) is 31.2 Å². The molecule has 2 fully saturated rings. The third kappa shape index (κ3) is 3.43. The van der Waals surface area contributed by atoms with Gasteiger partial charge in [-0.25, -0.2) is 0 Å². The first-order valence-corrected chi connectivity index (χ1v) is 7.30. The molecule has 0 aliphatic carbocycles. The van der Waals surface area contributed by atoms with Gasteiger partial charge in [0.05, 0.1) is 0 Å². The van der Waals surface area contributed by atoms with Crippen molar-refractivity contribution in [2.24, 2.45) is 0 Å². The highest BCUT2D eigenvalue weighted by molar-refractivity contribution is 6.31. The molecule has 0 amide bonds. The minimum Gasteiger partial charge on any atom is -0.311 e. The fourth-order valence-corrected chi connectivity index (χ4v) is 3.61. The molecule has 0 saturated carbocycles. The Morgan fingerprint density at radius 3 is 2.47 bits per heavy atom. The molecule has 2 heterocycles. The van der Waals surface area contributed by atoms with E-state index in [1.54, 1.807) is 0 Å². The summed E-state index contributed by atoms with van der Waals surface area (Å²) in [6, 6.07) is 10.4. The normalized spacial score (nSPS) is 29.3. The van der Waals surface area contributed by atoms with E-state index in [1.807, 2.05) is 12.1 Å². The zero-order valence-electron chi connectivity index (χ0n) is 11.3. The number of piperidine rings is 1. The maximum atomic E-state index is 6.24. The Kier molecular flexibility index (Phi) is 5.13. The van der Waals surface area contributed by atoms with Gasteiger partial charge in [-0.2, -0.15) is 0 Å². The second-order valence-corrected chi connectivity index (χ2v) is 6.18. The van der Waals surface area contributed by atoms with E-state index in [-0.39, 0.29) is 12.4 Å². The van der Waals surface area contributed by atoms with Crippen LogP contribution in [0.2, 0.25) is 5.02 Å². The monoisotopic (exact) mass is 300 g/mol. The lowest BCUT2D eigenvalue weighted by Gasteiger charge is -2.35. The van der Waals surface area contributed by atoms with Gasteiger partial charge in [0.1, 0.15) is 0 Å². The lowest BCUT2D eigenvalue weighted by Crippen LogP contribution is -2.46. The summed E-state index contributed by atoms with van der Waals surface area (Å²) in [6.07, 6.45) is 5.30. The van der Waals surface area contributed by atoms with Gasteiger partial charge in [-0.3, -0.25) is 4.90 Å². The molecule has 106 valence electrons. The summed E-state index contributed by atoms with van der Waals surface area (Å²) < 4.78 is 0. The smallest absolute Gasteiger partial charge is 0.0451 e. The van der Waals surface area contributed by atoms with E-state index in [2.05, 4.69) is 29.4 Å². The number of hydrogen-bond donors (Lipinski definition) is 1. The Bertz CT molecular complexity index is 412. The van der Waals surface area contributed by atoms with Crippen molar-refractivity contribution < 1.29 is 0 Å². The molecule has 2 bridgehead atoms. The molecule has 0 spiro atoms. The first-order valence-electron chi connectivity index (χ1n) is 6.92. The van der Waals surface area contributed by atoms with Crippen molar-refractivity contribution in [3.63, 3.8) is 0 Å². The molecule has 2 aliphatic heterocycles. The van der Waals surface area contributed by atoms with Crippen LogP contribution < -0.4 is 5.32 Å². The predicted molar refractivity (Wildman–Crippen MR) is 83.1 cm³/mol. The van der Waals surface area contributed by atoms with Crippen LogP contribution in [0.15, 0.2) is 24.3 Å². The Balaban J connectivity index is 0.00000133. The van der Waals surface area contributed by atoms with E-state index < -0.39 is 0 Å². The van der Waals surface area contributed by atoms with Crippen molar-refractivity contribution in [1.82, 2.24) is 10.2 Å². The molecular formula is C15H22Cl2N2. The highest BCUT2D eigenvalue weighted by Gasteiger charge is 2.34. The molecule has 3 rings (SSSR count). The lowest BCUT2D eigenvalue weighted by molar-refractivity contribution is 0.166. The van der Waals surface area contributed by atoms with Crippen LogP contribution in [0.4, 0.5) is 0 Å². The number of hydrogen-bond acceptors (Lipinski definition) is 2. The summed E-state index contributed by atoms with van der Waals surface area (Å²) in [7, 11) is 2.23. The number of fused-ring (bicyclic) bond motifs is 2. The molecule has 0 aromatic heterocycles. The van der Waals surface area contributed by atoms with Crippen molar-refractivity contribution in [3.8, 4) is 0 Å². The molecule has 1 aromatic carbocycles. The van der Waals surface area contributed by atoms with Gasteiger partial charge in [-0.15, -0.1) is 12.4 Å². The molecule has 2 aliphatic rings. The van der Waals surface area contributed by atoms with E-state index >= 15 is 0 Å². The standard InChI is InChI=1S/C15H21ClN2.ClH/c1-18(10-11-4-2-3-5-15(11)16)14-8-12-6-7-13(9-14)17-12;/h2-5,12-14,17H,6-10H2,1H3;1H. The van der Waals surface area contributed by atoms with Gasteiger partial charge in [0.25, 0.3) is 0 Å². The highest BCUT2D eigenvalue weighted by atomic mass is 35.5. The number of nitrogens with one attached hydrogen (secondary N) is 1. The van der Waals surface area contributed by atoms with Crippen LogP contribution in [-0.2, 0) is 6.54 Å². The van der Waals surface area contributed by atoms with Crippen molar-refractivity contribution >= 4 is 24.0 Å². The first kappa shape index (κ1) is 15.1. The zero-order valence-corrected chi connectivity index (χ0v) is 12.9. The molecule has 2 saturated heterocycles. The average Bonchev–Trinajstić information content (AvgIpc) is 2.71. The van der Waals surface area contributed by atoms with Crippen molar-refractivity contribution in [2.75, 3.05) is 7.05 Å². The third-order valence-corrected chi connectivity index (χ3v) is 4.82. The Morgan fingerprint density at radius 2 is 1.84 bits per heavy atom.